The molecule has 0 spiro atoms. The lowest BCUT2D eigenvalue weighted by Gasteiger charge is -2.30. The van der Waals surface area contributed by atoms with E-state index in [0.717, 1.165) is 5.56 Å². The second kappa shape index (κ2) is 12.6. The molecule has 0 unspecified atom stereocenters. The Morgan fingerprint density at radius 2 is 1.50 bits per heavy atom. The molecule has 0 aromatic heterocycles. The number of ether oxygens (including phenoxy) is 2. The number of fused-ring (bicyclic) bond motifs is 1. The summed E-state index contributed by atoms with van der Waals surface area (Å²) < 4.78 is 11.4. The van der Waals surface area contributed by atoms with Crippen molar-refractivity contribution in [1.29, 1.82) is 0 Å². The van der Waals surface area contributed by atoms with Crippen molar-refractivity contribution in [2.24, 2.45) is 0 Å². The van der Waals surface area contributed by atoms with Gasteiger partial charge in [-0.2, -0.15) is 0 Å². The number of rotatable bonds is 11. The van der Waals surface area contributed by atoms with E-state index in [2.05, 4.69) is 16.0 Å². The molecule has 0 bridgehead atoms. The van der Waals surface area contributed by atoms with Crippen LogP contribution in [-0.2, 0) is 24.6 Å². The number of carbonyl (C=O) groups excluding carboxylic acids is 3. The summed E-state index contributed by atoms with van der Waals surface area (Å²) in [6.45, 7) is 6.49. The van der Waals surface area contributed by atoms with Gasteiger partial charge in [0.2, 0.25) is 5.91 Å². The molecule has 1 heterocycles. The van der Waals surface area contributed by atoms with Crippen LogP contribution in [0.15, 0.2) is 72.8 Å². The van der Waals surface area contributed by atoms with Crippen molar-refractivity contribution in [3.8, 4) is 0 Å². The van der Waals surface area contributed by atoms with Gasteiger partial charge >= 0.3 is 6.03 Å². The fourth-order valence-electron chi connectivity index (χ4n) is 4.72. The van der Waals surface area contributed by atoms with Gasteiger partial charge in [-0.05, 0) is 63.2 Å². The fourth-order valence-corrected chi connectivity index (χ4v) is 4.72. The molecular formula is C30H35N5O5. The lowest BCUT2D eigenvalue weighted by Crippen LogP contribution is -2.56. The molecule has 1 aliphatic heterocycles. The quantitative estimate of drug-likeness (QED) is 0.209. The van der Waals surface area contributed by atoms with Crippen molar-refractivity contribution in [3.05, 3.63) is 83.9 Å². The summed E-state index contributed by atoms with van der Waals surface area (Å²) in [5.41, 5.74) is 7.80. The van der Waals surface area contributed by atoms with Gasteiger partial charge in [-0.25, -0.2) is 4.79 Å². The number of nitrogens with one attached hydrogen (secondary N) is 3. The van der Waals surface area contributed by atoms with E-state index in [4.69, 9.17) is 15.2 Å². The molecule has 10 heteroatoms. The number of hydrogen-bond acceptors (Lipinski definition) is 6. The largest absolute Gasteiger partial charge is 0.399 e. The third-order valence-electron chi connectivity index (χ3n) is 6.56. The Morgan fingerprint density at radius 1 is 0.900 bits per heavy atom. The normalized spacial score (nSPS) is 16.1. The number of aryl methyl sites for hydroxylation is 1. The first-order valence-corrected chi connectivity index (χ1v) is 13.2. The summed E-state index contributed by atoms with van der Waals surface area (Å²) in [7, 11) is 0. The number of nitrogens with two attached hydrogens (primary N) is 1. The minimum Gasteiger partial charge on any atom is -0.399 e. The molecule has 5 N–H and O–H groups in total. The maximum absolute atomic E-state index is 14.3. The molecule has 4 rings (SSSR count). The third kappa shape index (κ3) is 6.41. The van der Waals surface area contributed by atoms with Gasteiger partial charge in [0, 0.05) is 35.8 Å². The number of hydrogen-bond donors (Lipinski definition) is 4. The number of nitrogens with zero attached hydrogens (tertiary/aromatic N) is 1. The first kappa shape index (κ1) is 28.6. The smallest absolute Gasteiger partial charge is 0.320 e. The van der Waals surface area contributed by atoms with E-state index >= 15 is 0 Å². The van der Waals surface area contributed by atoms with E-state index in [9.17, 15) is 14.4 Å². The lowest BCUT2D eigenvalue weighted by atomic mass is 9.87. The summed E-state index contributed by atoms with van der Waals surface area (Å²) in [6, 6.07) is 20.4. The minimum absolute atomic E-state index is 0.0835. The first-order valence-electron chi connectivity index (χ1n) is 13.2. The van der Waals surface area contributed by atoms with Crippen LogP contribution in [-0.4, -0.2) is 43.9 Å². The van der Waals surface area contributed by atoms with Gasteiger partial charge < -0.3 is 36.1 Å². The van der Waals surface area contributed by atoms with Crippen molar-refractivity contribution in [3.63, 3.8) is 0 Å². The van der Waals surface area contributed by atoms with Gasteiger partial charge in [0.25, 0.3) is 5.91 Å². The van der Waals surface area contributed by atoms with E-state index in [1.54, 1.807) is 60.7 Å². The van der Waals surface area contributed by atoms with Crippen LogP contribution in [0.25, 0.3) is 0 Å². The molecule has 40 heavy (non-hydrogen) atoms. The van der Waals surface area contributed by atoms with Gasteiger partial charge in [0.1, 0.15) is 0 Å². The van der Waals surface area contributed by atoms with Gasteiger partial charge in [0.15, 0.2) is 11.8 Å². The van der Waals surface area contributed by atoms with E-state index in [1.165, 1.54) is 4.90 Å². The number of nitrogen functional groups attached to an aromatic ring is 1. The molecule has 210 valence electrons. The fraction of sp³-hybridized carbons (Fsp3) is 0.300. The zero-order valence-corrected chi connectivity index (χ0v) is 22.9. The maximum Gasteiger partial charge on any atom is 0.320 e. The maximum atomic E-state index is 14.3. The molecular weight excluding hydrogens is 510 g/mol. The van der Waals surface area contributed by atoms with Crippen LogP contribution in [0.5, 0.6) is 0 Å². The van der Waals surface area contributed by atoms with Crippen LogP contribution in [0.1, 0.15) is 31.4 Å². The number of carbonyl (C=O) groups is 3. The van der Waals surface area contributed by atoms with E-state index in [1.807, 2.05) is 32.9 Å². The summed E-state index contributed by atoms with van der Waals surface area (Å²) in [6.07, 6.45) is -1.04. The van der Waals surface area contributed by atoms with Crippen LogP contribution < -0.4 is 26.6 Å². The van der Waals surface area contributed by atoms with Gasteiger partial charge in [-0.3, -0.25) is 9.59 Å². The van der Waals surface area contributed by atoms with Crippen molar-refractivity contribution in [2.45, 2.75) is 39.0 Å². The SMILES string of the molecule is CCOC(CN1C(=O)[C@@](CC(=O)Nc2ccc(N)cc2)(NC(=O)Nc2ccc(C)cc2)c2ccccc21)OCC. The lowest BCUT2D eigenvalue weighted by molar-refractivity contribution is -0.138. The molecule has 0 saturated carbocycles. The molecule has 4 amide bonds. The van der Waals surface area contributed by atoms with Crippen LogP contribution in [0.2, 0.25) is 0 Å². The van der Waals surface area contributed by atoms with Crippen molar-refractivity contribution in [2.75, 3.05) is 41.0 Å². The molecule has 1 atom stereocenters. The zero-order valence-electron chi connectivity index (χ0n) is 22.9. The topological polar surface area (TPSA) is 135 Å². The average Bonchev–Trinajstić information content (AvgIpc) is 3.14. The summed E-state index contributed by atoms with van der Waals surface area (Å²) in [5.74, 6) is -0.929. The first-order chi connectivity index (χ1) is 19.3. The standard InChI is InChI=1S/C30H35N5O5/c1-4-39-27(40-5-2)19-35-25-9-7-6-8-24(25)30(28(35)37,18-26(36)32-22-16-12-21(31)13-17-22)34-29(38)33-23-14-10-20(3)11-15-23/h6-17,27H,4-5,18-19,31H2,1-3H3,(H,32,36)(H2,33,34,38)/t30-/m0/s1. The molecule has 3 aromatic rings. The Hall–Kier alpha value is -4.41. The molecule has 1 aliphatic rings. The summed E-state index contributed by atoms with van der Waals surface area (Å²) >= 11 is 0. The Labute approximate surface area is 233 Å². The molecule has 3 aromatic carbocycles. The predicted octanol–water partition coefficient (Wildman–Crippen LogP) is 4.37. The number of anilines is 4. The number of amides is 4. The Kier molecular flexibility index (Phi) is 9.03. The van der Waals surface area contributed by atoms with E-state index in [-0.39, 0.29) is 13.0 Å². The molecule has 10 nitrogen and oxygen atoms in total. The molecule has 0 radical (unpaired) electrons. The van der Waals surface area contributed by atoms with Gasteiger partial charge in [-0.1, -0.05) is 35.9 Å². The summed E-state index contributed by atoms with van der Waals surface area (Å²) in [4.78, 5) is 42.5. The van der Waals surface area contributed by atoms with Crippen molar-refractivity contribution < 1.29 is 23.9 Å². The highest BCUT2D eigenvalue weighted by atomic mass is 16.7. The second-order valence-corrected chi connectivity index (χ2v) is 9.47. The van der Waals surface area contributed by atoms with Crippen molar-refractivity contribution >= 4 is 40.6 Å². The number of para-hydroxylation sites is 1. The Morgan fingerprint density at radius 3 is 2.15 bits per heavy atom. The highest BCUT2D eigenvalue weighted by Crippen LogP contribution is 2.43. The van der Waals surface area contributed by atoms with Gasteiger partial charge in [-0.15, -0.1) is 0 Å². The van der Waals surface area contributed by atoms with Crippen LogP contribution >= 0.6 is 0 Å². The Bertz CT molecular complexity index is 1280. The van der Waals surface area contributed by atoms with Crippen LogP contribution in [0, 0.1) is 6.92 Å². The predicted molar refractivity (Wildman–Crippen MR) is 155 cm³/mol. The van der Waals surface area contributed by atoms with Crippen LogP contribution in [0.4, 0.5) is 27.5 Å². The number of benzene rings is 3. The average molecular weight is 546 g/mol. The Balaban J connectivity index is 1.69. The van der Waals surface area contributed by atoms with E-state index < -0.39 is 29.7 Å². The minimum atomic E-state index is -1.69. The molecule has 0 fully saturated rings. The van der Waals surface area contributed by atoms with E-state index in [0.29, 0.717) is 41.5 Å². The highest BCUT2D eigenvalue weighted by molar-refractivity contribution is 6.12. The number of urea groups is 1. The zero-order chi connectivity index (χ0) is 28.7. The molecule has 0 aliphatic carbocycles. The monoisotopic (exact) mass is 545 g/mol. The third-order valence-corrected chi connectivity index (χ3v) is 6.56. The van der Waals surface area contributed by atoms with Crippen LogP contribution in [0.3, 0.4) is 0 Å². The van der Waals surface area contributed by atoms with Crippen molar-refractivity contribution in [1.82, 2.24) is 5.32 Å². The highest BCUT2D eigenvalue weighted by Gasteiger charge is 2.53. The molecule has 0 saturated heterocycles. The second-order valence-electron chi connectivity index (χ2n) is 9.47. The van der Waals surface area contributed by atoms with Gasteiger partial charge in [0.05, 0.1) is 18.7 Å². The summed E-state index contributed by atoms with van der Waals surface area (Å²) in [5, 5.41) is 8.44.